The summed E-state index contributed by atoms with van der Waals surface area (Å²) < 4.78 is 0. The Balaban J connectivity index is 2.56. The van der Waals surface area contributed by atoms with Crippen molar-refractivity contribution in [2.45, 2.75) is 24.6 Å². The predicted octanol–water partition coefficient (Wildman–Crippen LogP) is 3.86. The van der Waals surface area contributed by atoms with Gasteiger partial charge in [-0.25, -0.2) is 4.98 Å². The lowest BCUT2D eigenvalue weighted by molar-refractivity contribution is -0.383. The molecule has 5 heteroatoms. The molecule has 1 heterocycles. The smallest absolute Gasteiger partial charge is 0.258 e. The van der Waals surface area contributed by atoms with Gasteiger partial charge in [-0.05, 0) is 24.5 Å². The molecule has 0 aliphatic rings. The number of rotatable bonds is 4. The van der Waals surface area contributed by atoms with E-state index in [4.69, 9.17) is 0 Å². The summed E-state index contributed by atoms with van der Waals surface area (Å²) >= 11 is 3.59. The molecule has 1 aromatic carbocycles. The van der Waals surface area contributed by atoms with Gasteiger partial charge in [0.1, 0.15) is 5.52 Å². The lowest BCUT2D eigenvalue weighted by Crippen LogP contribution is -2.02. The van der Waals surface area contributed by atoms with Crippen LogP contribution in [0.3, 0.4) is 0 Å². The van der Waals surface area contributed by atoms with Gasteiger partial charge < -0.3 is 0 Å². The van der Waals surface area contributed by atoms with Gasteiger partial charge in [0.25, 0.3) is 5.69 Å². The fourth-order valence-corrected chi connectivity index (χ4v) is 2.27. The number of halogens is 1. The Kier molecular flexibility index (Phi) is 3.91. The molecule has 2 aromatic rings. The Hall–Kier alpha value is -1.49. The zero-order valence-corrected chi connectivity index (χ0v) is 11.6. The first kappa shape index (κ1) is 13.0. The molecule has 0 saturated heterocycles. The summed E-state index contributed by atoms with van der Waals surface area (Å²) in [6.45, 7) is 2.10. The lowest BCUT2D eigenvalue weighted by atomic mass is 10.0. The maximum absolute atomic E-state index is 11.0. The fraction of sp³-hybridized carbons (Fsp3) is 0.308. The van der Waals surface area contributed by atoms with Gasteiger partial charge in [0, 0.05) is 22.5 Å². The van der Waals surface area contributed by atoms with Crippen LogP contribution in [0.2, 0.25) is 0 Å². The standard InChI is InChI=1S/C13H13BrN2O2/c1-2-10(14)8-9-6-7-15-13-11(9)4-3-5-12(13)16(17)18/h3-7,10H,2,8H2,1H3. The summed E-state index contributed by atoms with van der Waals surface area (Å²) in [5.74, 6) is 0. The van der Waals surface area contributed by atoms with Gasteiger partial charge >= 0.3 is 0 Å². The van der Waals surface area contributed by atoms with E-state index in [1.165, 1.54) is 6.07 Å². The number of pyridine rings is 1. The van der Waals surface area contributed by atoms with Crippen molar-refractivity contribution < 1.29 is 4.92 Å². The van der Waals surface area contributed by atoms with Gasteiger partial charge in [-0.3, -0.25) is 10.1 Å². The molecule has 1 atom stereocenters. The molecule has 0 bridgehead atoms. The third-order valence-corrected chi connectivity index (χ3v) is 3.89. The highest BCUT2D eigenvalue weighted by Gasteiger charge is 2.15. The number of nitrogens with zero attached hydrogens (tertiary/aromatic N) is 2. The lowest BCUT2D eigenvalue weighted by Gasteiger charge is -2.09. The first-order valence-electron chi connectivity index (χ1n) is 5.78. The van der Waals surface area contributed by atoms with Crippen molar-refractivity contribution in [2.75, 3.05) is 0 Å². The number of nitro benzene ring substituents is 1. The molecular weight excluding hydrogens is 296 g/mol. The number of fused-ring (bicyclic) bond motifs is 1. The van der Waals surface area contributed by atoms with Gasteiger partial charge in [0.05, 0.1) is 4.92 Å². The Morgan fingerprint density at radius 2 is 2.22 bits per heavy atom. The molecule has 0 amide bonds. The van der Waals surface area contributed by atoms with Crippen LogP contribution in [0.5, 0.6) is 0 Å². The molecule has 0 aliphatic carbocycles. The van der Waals surface area contributed by atoms with Crippen LogP contribution in [-0.4, -0.2) is 14.7 Å². The minimum atomic E-state index is -0.384. The average Bonchev–Trinajstić information content (AvgIpc) is 2.38. The van der Waals surface area contributed by atoms with Crippen LogP contribution in [0.4, 0.5) is 5.69 Å². The Bertz CT molecular complexity index is 586. The summed E-state index contributed by atoms with van der Waals surface area (Å²) in [5, 5.41) is 11.8. The van der Waals surface area contributed by atoms with Gasteiger partial charge in [0.15, 0.2) is 0 Å². The molecule has 2 rings (SSSR count). The van der Waals surface area contributed by atoms with E-state index < -0.39 is 0 Å². The third kappa shape index (κ3) is 2.51. The summed E-state index contributed by atoms with van der Waals surface area (Å²) in [4.78, 5) is 15.1. The van der Waals surface area contributed by atoms with Crippen molar-refractivity contribution in [2.24, 2.45) is 0 Å². The third-order valence-electron chi connectivity index (χ3n) is 2.92. The second kappa shape index (κ2) is 5.44. The van der Waals surface area contributed by atoms with Crippen molar-refractivity contribution in [3.05, 3.63) is 46.1 Å². The first-order valence-corrected chi connectivity index (χ1v) is 6.70. The predicted molar refractivity (Wildman–Crippen MR) is 75.1 cm³/mol. The van der Waals surface area contributed by atoms with Crippen LogP contribution < -0.4 is 0 Å². The van der Waals surface area contributed by atoms with Crippen molar-refractivity contribution >= 4 is 32.5 Å². The zero-order chi connectivity index (χ0) is 13.1. The molecule has 18 heavy (non-hydrogen) atoms. The molecule has 1 aromatic heterocycles. The van der Waals surface area contributed by atoms with E-state index in [1.807, 2.05) is 12.1 Å². The van der Waals surface area contributed by atoms with Crippen LogP contribution in [0, 0.1) is 10.1 Å². The zero-order valence-electron chi connectivity index (χ0n) is 9.97. The monoisotopic (exact) mass is 308 g/mol. The van der Waals surface area contributed by atoms with Crippen LogP contribution in [-0.2, 0) is 6.42 Å². The molecule has 0 aliphatic heterocycles. The Morgan fingerprint density at radius 3 is 2.89 bits per heavy atom. The summed E-state index contributed by atoms with van der Waals surface area (Å²) in [6, 6.07) is 7.02. The number of hydrogen-bond acceptors (Lipinski definition) is 3. The van der Waals surface area contributed by atoms with E-state index in [0.717, 1.165) is 23.8 Å². The van der Waals surface area contributed by atoms with Crippen molar-refractivity contribution in [1.29, 1.82) is 0 Å². The van der Waals surface area contributed by atoms with Crippen LogP contribution >= 0.6 is 15.9 Å². The molecule has 0 spiro atoms. The van der Waals surface area contributed by atoms with E-state index in [9.17, 15) is 10.1 Å². The fourth-order valence-electron chi connectivity index (χ4n) is 1.93. The SMILES string of the molecule is CCC(Br)Cc1ccnc2c([N+](=O)[O-])cccc12. The van der Waals surface area contributed by atoms with Crippen molar-refractivity contribution in [3.63, 3.8) is 0 Å². The second-order valence-electron chi connectivity index (χ2n) is 4.11. The summed E-state index contributed by atoms with van der Waals surface area (Å²) in [7, 11) is 0. The first-order chi connectivity index (χ1) is 8.63. The summed E-state index contributed by atoms with van der Waals surface area (Å²) in [5.41, 5.74) is 1.63. The highest BCUT2D eigenvalue weighted by atomic mass is 79.9. The average molecular weight is 309 g/mol. The van der Waals surface area contributed by atoms with Crippen molar-refractivity contribution in [1.82, 2.24) is 4.98 Å². The van der Waals surface area contributed by atoms with E-state index in [1.54, 1.807) is 12.3 Å². The minimum Gasteiger partial charge on any atom is -0.258 e. The number of alkyl halides is 1. The molecule has 0 saturated carbocycles. The molecule has 1 unspecified atom stereocenters. The van der Waals surface area contributed by atoms with E-state index in [0.29, 0.717) is 10.3 Å². The quantitative estimate of drug-likeness (QED) is 0.489. The van der Waals surface area contributed by atoms with Crippen molar-refractivity contribution in [3.8, 4) is 0 Å². The maximum Gasteiger partial charge on any atom is 0.295 e. The maximum atomic E-state index is 11.0. The Labute approximate surface area is 113 Å². The Morgan fingerprint density at radius 1 is 1.44 bits per heavy atom. The van der Waals surface area contributed by atoms with Crippen LogP contribution in [0.1, 0.15) is 18.9 Å². The molecule has 0 N–H and O–H groups in total. The van der Waals surface area contributed by atoms with E-state index in [-0.39, 0.29) is 10.6 Å². The van der Waals surface area contributed by atoms with E-state index in [2.05, 4.69) is 27.8 Å². The molecular formula is C13H13BrN2O2. The largest absolute Gasteiger partial charge is 0.295 e. The van der Waals surface area contributed by atoms with Crippen LogP contribution in [0.25, 0.3) is 10.9 Å². The molecule has 94 valence electrons. The van der Waals surface area contributed by atoms with Gasteiger partial charge in [0.2, 0.25) is 0 Å². The second-order valence-corrected chi connectivity index (χ2v) is 5.41. The highest BCUT2D eigenvalue weighted by Crippen LogP contribution is 2.27. The van der Waals surface area contributed by atoms with Gasteiger partial charge in [-0.1, -0.05) is 35.0 Å². The number of benzene rings is 1. The number of nitro groups is 1. The number of aromatic nitrogens is 1. The number of hydrogen-bond donors (Lipinski definition) is 0. The van der Waals surface area contributed by atoms with Gasteiger partial charge in [-0.2, -0.15) is 0 Å². The number of non-ortho nitro benzene ring substituents is 1. The molecule has 0 fully saturated rings. The van der Waals surface area contributed by atoms with Crippen LogP contribution in [0.15, 0.2) is 30.5 Å². The topological polar surface area (TPSA) is 56.0 Å². The van der Waals surface area contributed by atoms with E-state index >= 15 is 0 Å². The molecule has 0 radical (unpaired) electrons. The van der Waals surface area contributed by atoms with Gasteiger partial charge in [-0.15, -0.1) is 0 Å². The highest BCUT2D eigenvalue weighted by molar-refractivity contribution is 9.09. The normalized spacial score (nSPS) is 12.6. The molecule has 4 nitrogen and oxygen atoms in total. The number of para-hydroxylation sites is 1. The summed E-state index contributed by atoms with van der Waals surface area (Å²) in [6.07, 6.45) is 3.50. The minimum absolute atomic E-state index is 0.0666.